The third kappa shape index (κ3) is 3.02. The topological polar surface area (TPSA) is 51.8 Å². The van der Waals surface area contributed by atoms with E-state index in [0.29, 0.717) is 17.6 Å². The van der Waals surface area contributed by atoms with Crippen LogP contribution in [0.4, 0.5) is 5.82 Å². The summed E-state index contributed by atoms with van der Waals surface area (Å²) in [5, 5.41) is 0. The largest absolute Gasteiger partial charge is 0.383 e. The Morgan fingerprint density at radius 2 is 2.11 bits per heavy atom. The molecular formula is C12H13BrClN3S. The zero-order valence-corrected chi connectivity index (χ0v) is 13.2. The average Bonchev–Trinajstić information content (AvgIpc) is 2.70. The molecular weight excluding hydrogens is 334 g/mol. The van der Waals surface area contributed by atoms with Crippen LogP contribution in [0, 0.1) is 5.92 Å². The molecule has 0 saturated heterocycles. The van der Waals surface area contributed by atoms with E-state index in [4.69, 9.17) is 17.3 Å². The maximum Gasteiger partial charge on any atom is 0.171 e. The smallest absolute Gasteiger partial charge is 0.171 e. The minimum atomic E-state index is 0.472. The SMILES string of the molecule is CC(C)Cc1nc(-c2ccc(Cl)s2)nc(N)c1Br. The second-order valence-electron chi connectivity index (χ2n) is 4.39. The Morgan fingerprint density at radius 1 is 1.39 bits per heavy atom. The number of nitrogens with zero attached hydrogens (tertiary/aromatic N) is 2. The van der Waals surface area contributed by atoms with Crippen LogP contribution in [0.2, 0.25) is 4.34 Å². The molecule has 96 valence electrons. The van der Waals surface area contributed by atoms with Crippen LogP contribution in [0.5, 0.6) is 0 Å². The van der Waals surface area contributed by atoms with Crippen LogP contribution in [0.1, 0.15) is 19.5 Å². The molecule has 6 heteroatoms. The number of hydrogen-bond acceptors (Lipinski definition) is 4. The lowest BCUT2D eigenvalue weighted by Crippen LogP contribution is -2.05. The molecule has 2 rings (SSSR count). The highest BCUT2D eigenvalue weighted by Gasteiger charge is 2.13. The monoisotopic (exact) mass is 345 g/mol. The lowest BCUT2D eigenvalue weighted by atomic mass is 10.1. The molecule has 0 aromatic carbocycles. The minimum absolute atomic E-state index is 0.472. The van der Waals surface area contributed by atoms with E-state index in [-0.39, 0.29) is 0 Å². The van der Waals surface area contributed by atoms with Crippen molar-refractivity contribution in [3.05, 3.63) is 26.6 Å². The molecule has 18 heavy (non-hydrogen) atoms. The first-order chi connectivity index (χ1) is 8.47. The lowest BCUT2D eigenvalue weighted by Gasteiger charge is -2.09. The van der Waals surface area contributed by atoms with Crippen LogP contribution < -0.4 is 5.73 Å². The maximum absolute atomic E-state index is 5.93. The molecule has 0 radical (unpaired) electrons. The fourth-order valence-electron chi connectivity index (χ4n) is 1.58. The molecule has 0 unspecified atom stereocenters. The molecule has 0 aliphatic carbocycles. The molecule has 2 aromatic rings. The zero-order valence-electron chi connectivity index (χ0n) is 10.1. The first-order valence-electron chi connectivity index (χ1n) is 5.55. The van der Waals surface area contributed by atoms with E-state index in [0.717, 1.165) is 25.8 Å². The van der Waals surface area contributed by atoms with Crippen LogP contribution in [0.15, 0.2) is 16.6 Å². The summed E-state index contributed by atoms with van der Waals surface area (Å²) in [7, 11) is 0. The number of aromatic nitrogens is 2. The van der Waals surface area contributed by atoms with E-state index in [1.807, 2.05) is 12.1 Å². The molecule has 0 amide bonds. The van der Waals surface area contributed by atoms with Gasteiger partial charge in [0.1, 0.15) is 5.82 Å². The van der Waals surface area contributed by atoms with Gasteiger partial charge in [-0.15, -0.1) is 11.3 Å². The highest BCUT2D eigenvalue weighted by molar-refractivity contribution is 9.10. The fraction of sp³-hybridized carbons (Fsp3) is 0.333. The van der Waals surface area contributed by atoms with Gasteiger partial charge in [0.15, 0.2) is 5.82 Å². The Kier molecular flexibility index (Phi) is 4.25. The van der Waals surface area contributed by atoms with Gasteiger partial charge >= 0.3 is 0 Å². The van der Waals surface area contributed by atoms with E-state index >= 15 is 0 Å². The predicted octanol–water partition coefficient (Wildman–Crippen LogP) is 4.40. The second-order valence-corrected chi connectivity index (χ2v) is 6.90. The van der Waals surface area contributed by atoms with Gasteiger partial charge in [0.2, 0.25) is 0 Å². The number of thiophene rings is 1. The van der Waals surface area contributed by atoms with E-state index in [1.54, 1.807) is 0 Å². The van der Waals surface area contributed by atoms with Crippen molar-refractivity contribution in [3.63, 3.8) is 0 Å². The Labute approximate surface area is 124 Å². The van der Waals surface area contributed by atoms with Gasteiger partial charge in [-0.2, -0.15) is 0 Å². The van der Waals surface area contributed by atoms with Crippen molar-refractivity contribution in [1.82, 2.24) is 9.97 Å². The van der Waals surface area contributed by atoms with Gasteiger partial charge < -0.3 is 5.73 Å². The van der Waals surface area contributed by atoms with Crippen molar-refractivity contribution in [3.8, 4) is 10.7 Å². The number of hydrogen-bond donors (Lipinski definition) is 1. The van der Waals surface area contributed by atoms with Crippen molar-refractivity contribution in [1.29, 1.82) is 0 Å². The summed E-state index contributed by atoms with van der Waals surface area (Å²) in [5.74, 6) is 1.62. The van der Waals surface area contributed by atoms with Gasteiger partial charge in [-0.25, -0.2) is 9.97 Å². The number of rotatable bonds is 3. The average molecular weight is 347 g/mol. The summed E-state index contributed by atoms with van der Waals surface area (Å²) in [5.41, 5.74) is 6.86. The van der Waals surface area contributed by atoms with E-state index in [1.165, 1.54) is 11.3 Å². The highest BCUT2D eigenvalue weighted by atomic mass is 79.9. The first kappa shape index (κ1) is 13.8. The Bertz CT molecular complexity index is 568. The van der Waals surface area contributed by atoms with Gasteiger partial charge in [-0.05, 0) is 40.4 Å². The maximum atomic E-state index is 5.93. The Hall–Kier alpha value is -0.650. The van der Waals surface area contributed by atoms with Gasteiger partial charge in [0.05, 0.1) is 19.4 Å². The fourth-order valence-corrected chi connectivity index (χ4v) is 2.90. The second kappa shape index (κ2) is 5.55. The summed E-state index contributed by atoms with van der Waals surface area (Å²) < 4.78 is 1.52. The van der Waals surface area contributed by atoms with Gasteiger partial charge in [-0.1, -0.05) is 25.4 Å². The lowest BCUT2D eigenvalue weighted by molar-refractivity contribution is 0.633. The van der Waals surface area contributed by atoms with Crippen molar-refractivity contribution in [2.75, 3.05) is 5.73 Å². The molecule has 2 aromatic heterocycles. The van der Waals surface area contributed by atoms with Crippen LogP contribution in [-0.4, -0.2) is 9.97 Å². The number of nitrogens with two attached hydrogens (primary N) is 1. The van der Waals surface area contributed by atoms with Crippen LogP contribution in [0.3, 0.4) is 0 Å². The first-order valence-corrected chi connectivity index (χ1v) is 7.53. The highest BCUT2D eigenvalue weighted by Crippen LogP contribution is 2.32. The van der Waals surface area contributed by atoms with E-state index in [9.17, 15) is 0 Å². The van der Waals surface area contributed by atoms with E-state index in [2.05, 4.69) is 39.7 Å². The standard InChI is InChI=1S/C12H13BrClN3S/c1-6(2)5-7-10(13)11(15)17-12(16-7)8-3-4-9(14)18-8/h3-4,6H,5H2,1-2H3,(H2,15,16,17). The summed E-state index contributed by atoms with van der Waals surface area (Å²) in [6, 6.07) is 3.75. The number of anilines is 1. The van der Waals surface area contributed by atoms with Crippen LogP contribution in [0.25, 0.3) is 10.7 Å². The van der Waals surface area contributed by atoms with Gasteiger partial charge in [-0.3, -0.25) is 0 Å². The summed E-state index contributed by atoms with van der Waals surface area (Å²) >= 11 is 10.8. The van der Waals surface area contributed by atoms with Crippen LogP contribution >= 0.6 is 38.9 Å². The van der Waals surface area contributed by atoms with Crippen molar-refractivity contribution >= 4 is 44.7 Å². The minimum Gasteiger partial charge on any atom is -0.383 e. The summed E-state index contributed by atoms with van der Waals surface area (Å²) in [6.45, 7) is 4.29. The molecule has 0 fully saturated rings. The molecule has 0 saturated carbocycles. The molecule has 2 heterocycles. The Morgan fingerprint density at radius 3 is 2.67 bits per heavy atom. The molecule has 0 spiro atoms. The third-order valence-electron chi connectivity index (χ3n) is 2.34. The number of nitrogen functional groups attached to an aromatic ring is 1. The summed E-state index contributed by atoms with van der Waals surface area (Å²) in [4.78, 5) is 9.80. The molecule has 3 nitrogen and oxygen atoms in total. The van der Waals surface area contributed by atoms with Crippen LogP contribution in [-0.2, 0) is 6.42 Å². The van der Waals surface area contributed by atoms with E-state index < -0.39 is 0 Å². The van der Waals surface area contributed by atoms with Crippen molar-refractivity contribution in [2.24, 2.45) is 5.92 Å². The third-order valence-corrected chi connectivity index (χ3v) is 4.43. The summed E-state index contributed by atoms with van der Waals surface area (Å²) in [6.07, 6.45) is 0.861. The number of halogens is 2. The van der Waals surface area contributed by atoms with Crippen molar-refractivity contribution < 1.29 is 0 Å². The predicted molar refractivity (Wildman–Crippen MR) is 81.0 cm³/mol. The zero-order chi connectivity index (χ0) is 13.3. The van der Waals surface area contributed by atoms with Crippen molar-refractivity contribution in [2.45, 2.75) is 20.3 Å². The molecule has 0 bridgehead atoms. The molecule has 0 aliphatic heterocycles. The molecule has 0 aliphatic rings. The Balaban J connectivity index is 2.46. The van der Waals surface area contributed by atoms with Gasteiger partial charge in [0.25, 0.3) is 0 Å². The quantitative estimate of drug-likeness (QED) is 0.896. The normalized spacial score (nSPS) is 11.2. The molecule has 2 N–H and O–H groups in total. The molecule has 0 atom stereocenters. The van der Waals surface area contributed by atoms with Gasteiger partial charge in [0, 0.05) is 0 Å².